The van der Waals surface area contributed by atoms with Crippen LogP contribution in [0.3, 0.4) is 0 Å². The highest BCUT2D eigenvalue weighted by atomic mass is 32.2. The van der Waals surface area contributed by atoms with Crippen LogP contribution in [0.25, 0.3) is 10.9 Å². The zero-order chi connectivity index (χ0) is 20.7. The van der Waals surface area contributed by atoms with E-state index in [9.17, 15) is 8.42 Å². The van der Waals surface area contributed by atoms with E-state index in [1.807, 2.05) is 18.2 Å². The molecular weight excluding hydrogens is 390 g/mol. The molecule has 0 fully saturated rings. The summed E-state index contributed by atoms with van der Waals surface area (Å²) in [5, 5.41) is 14.7. The van der Waals surface area contributed by atoms with Crippen LogP contribution in [-0.2, 0) is 16.6 Å². The highest BCUT2D eigenvalue weighted by Gasteiger charge is 2.17. The molecule has 1 aromatic heterocycles. The minimum Gasteiger partial charge on any atom is -0.497 e. The molecule has 0 radical (unpaired) electrons. The summed E-state index contributed by atoms with van der Waals surface area (Å²) in [4.78, 5) is 4.21. The Balaban J connectivity index is 1.86. The fourth-order valence-electron chi connectivity index (χ4n) is 2.72. The molecule has 0 unspecified atom stereocenters. The molecule has 3 aromatic rings. The van der Waals surface area contributed by atoms with Crippen molar-refractivity contribution in [1.29, 1.82) is 5.26 Å². The number of hydrogen-bond donors (Lipinski definition) is 0. The van der Waals surface area contributed by atoms with E-state index in [1.54, 1.807) is 49.7 Å². The molecule has 148 valence electrons. The number of nitrogens with zero attached hydrogens (tertiary/aromatic N) is 5. The predicted octanol–water partition coefficient (Wildman–Crippen LogP) is 3.72. The van der Waals surface area contributed by atoms with Crippen LogP contribution in [0.15, 0.2) is 75.4 Å². The van der Waals surface area contributed by atoms with Gasteiger partial charge >= 0.3 is 10.0 Å². The fraction of sp³-hybridized carbons (Fsp3) is 0.200. The lowest BCUT2D eigenvalue weighted by atomic mass is 10.2. The molecule has 0 atom stereocenters. The topological polar surface area (TPSA) is 108 Å². The normalized spacial score (nSPS) is 11.4. The Kier molecular flexibility index (Phi) is 6.36. The fourth-order valence-corrected chi connectivity index (χ4v) is 3.71. The van der Waals surface area contributed by atoms with Crippen LogP contribution in [0.4, 0.5) is 0 Å². The van der Waals surface area contributed by atoms with Gasteiger partial charge < -0.3 is 4.74 Å². The Morgan fingerprint density at radius 3 is 2.66 bits per heavy atom. The highest BCUT2D eigenvalue weighted by molar-refractivity contribution is 7.90. The smallest absolute Gasteiger partial charge is 0.301 e. The predicted molar refractivity (Wildman–Crippen MR) is 107 cm³/mol. The average Bonchev–Trinajstić information content (AvgIpc) is 2.75. The van der Waals surface area contributed by atoms with Crippen LogP contribution in [0, 0.1) is 11.3 Å². The number of fused-ring (bicyclic) bond motifs is 1. The Bertz CT molecular complexity index is 1150. The van der Waals surface area contributed by atoms with Gasteiger partial charge in [-0.2, -0.15) is 13.7 Å². The van der Waals surface area contributed by atoms with Crippen LogP contribution in [0.1, 0.15) is 12.0 Å². The van der Waals surface area contributed by atoms with Gasteiger partial charge in [-0.1, -0.05) is 23.4 Å². The number of hydrogen-bond acceptors (Lipinski definition) is 6. The maximum Gasteiger partial charge on any atom is 0.301 e. The number of nitriles is 1. The van der Waals surface area contributed by atoms with Crippen molar-refractivity contribution in [2.45, 2.75) is 17.9 Å². The molecule has 0 spiro atoms. The number of sulfonamides is 1. The summed E-state index contributed by atoms with van der Waals surface area (Å²) in [5.41, 5.74) is 1.44. The highest BCUT2D eigenvalue weighted by Crippen LogP contribution is 2.23. The quantitative estimate of drug-likeness (QED) is 0.414. The third kappa shape index (κ3) is 5.06. The molecule has 2 aromatic carbocycles. The van der Waals surface area contributed by atoms with Gasteiger partial charge in [0.25, 0.3) is 0 Å². The number of rotatable bonds is 8. The van der Waals surface area contributed by atoms with Crippen LogP contribution >= 0.6 is 0 Å². The lowest BCUT2D eigenvalue weighted by Gasteiger charge is -2.16. The molecule has 0 N–H and O–H groups in total. The van der Waals surface area contributed by atoms with E-state index in [-0.39, 0.29) is 17.9 Å². The van der Waals surface area contributed by atoms with Gasteiger partial charge in [0.05, 0.1) is 38.2 Å². The molecule has 0 aliphatic rings. The number of aromatic nitrogens is 1. The van der Waals surface area contributed by atoms with E-state index in [2.05, 4.69) is 14.7 Å². The van der Waals surface area contributed by atoms with Crippen molar-refractivity contribution in [3.63, 3.8) is 0 Å². The lowest BCUT2D eigenvalue weighted by Crippen LogP contribution is -2.18. The van der Waals surface area contributed by atoms with Crippen molar-refractivity contribution in [2.75, 3.05) is 13.7 Å². The zero-order valence-electron chi connectivity index (χ0n) is 15.8. The molecule has 1 heterocycles. The van der Waals surface area contributed by atoms with Crippen LogP contribution in [0.2, 0.25) is 0 Å². The summed E-state index contributed by atoms with van der Waals surface area (Å²) < 4.78 is 34.3. The van der Waals surface area contributed by atoms with E-state index < -0.39 is 10.0 Å². The largest absolute Gasteiger partial charge is 0.497 e. The van der Waals surface area contributed by atoms with E-state index in [4.69, 9.17) is 10.00 Å². The number of ether oxygens (including phenoxy) is 1. The summed E-state index contributed by atoms with van der Waals surface area (Å²) in [5.74, 6) is 0.714. The van der Waals surface area contributed by atoms with Gasteiger partial charge in [0.1, 0.15) is 10.6 Å². The van der Waals surface area contributed by atoms with E-state index in [0.717, 1.165) is 5.56 Å². The van der Waals surface area contributed by atoms with Crippen LogP contribution < -0.4 is 4.74 Å². The summed E-state index contributed by atoms with van der Waals surface area (Å²) in [7, 11) is -2.46. The van der Waals surface area contributed by atoms with Gasteiger partial charge in [-0.05, 0) is 46.5 Å². The molecular formula is C20H19N5O3S. The van der Waals surface area contributed by atoms with Gasteiger partial charge in [-0.3, -0.25) is 9.99 Å². The second-order valence-corrected chi connectivity index (χ2v) is 7.67. The second kappa shape index (κ2) is 9.12. The third-order valence-electron chi connectivity index (χ3n) is 4.16. The first-order valence-corrected chi connectivity index (χ1v) is 10.2. The van der Waals surface area contributed by atoms with Crippen molar-refractivity contribution < 1.29 is 13.2 Å². The van der Waals surface area contributed by atoms with E-state index in [1.165, 1.54) is 11.1 Å². The number of pyridine rings is 1. The number of methoxy groups -OCH3 is 1. The molecule has 0 aliphatic heterocycles. The second-order valence-electron chi connectivity index (χ2n) is 6.12. The Hall–Kier alpha value is -3.51. The van der Waals surface area contributed by atoms with Gasteiger partial charge in [0.2, 0.25) is 0 Å². The molecule has 8 nitrogen and oxygen atoms in total. The minimum absolute atomic E-state index is 0.0385. The summed E-state index contributed by atoms with van der Waals surface area (Å²) >= 11 is 0. The Labute approximate surface area is 169 Å². The summed E-state index contributed by atoms with van der Waals surface area (Å²) in [6.07, 6.45) is 1.78. The number of benzene rings is 2. The monoisotopic (exact) mass is 409 g/mol. The molecule has 29 heavy (non-hydrogen) atoms. The zero-order valence-corrected chi connectivity index (χ0v) is 16.6. The van der Waals surface area contributed by atoms with Crippen molar-refractivity contribution in [3.05, 3.63) is 66.4 Å². The van der Waals surface area contributed by atoms with Crippen molar-refractivity contribution in [2.24, 2.45) is 9.74 Å². The minimum atomic E-state index is -4.04. The molecule has 3 rings (SSSR count). The third-order valence-corrected chi connectivity index (χ3v) is 5.36. The first-order valence-electron chi connectivity index (χ1n) is 8.80. The SMILES string of the molecule is COc1ccc(CN(CCC#N)N=NS(=O)(=O)c2cccc3ncccc23)cc1. The molecule has 0 saturated carbocycles. The first kappa shape index (κ1) is 20.2. The van der Waals surface area contributed by atoms with Crippen molar-refractivity contribution in [1.82, 2.24) is 9.99 Å². The van der Waals surface area contributed by atoms with E-state index >= 15 is 0 Å². The molecule has 0 saturated heterocycles. The average molecular weight is 409 g/mol. The summed E-state index contributed by atoms with van der Waals surface area (Å²) in [6, 6.07) is 17.5. The lowest BCUT2D eigenvalue weighted by molar-refractivity contribution is 0.269. The van der Waals surface area contributed by atoms with E-state index in [0.29, 0.717) is 23.2 Å². The summed E-state index contributed by atoms with van der Waals surface area (Å²) in [6.45, 7) is 0.556. The molecule has 0 bridgehead atoms. The van der Waals surface area contributed by atoms with Crippen molar-refractivity contribution >= 4 is 20.9 Å². The molecule has 0 aliphatic carbocycles. The van der Waals surface area contributed by atoms with Crippen LogP contribution in [0.5, 0.6) is 5.75 Å². The molecule has 9 heteroatoms. The Morgan fingerprint density at radius 1 is 1.14 bits per heavy atom. The van der Waals surface area contributed by atoms with Gasteiger partial charge in [-0.15, -0.1) is 0 Å². The maximum absolute atomic E-state index is 12.8. The maximum atomic E-state index is 12.8. The van der Waals surface area contributed by atoms with Gasteiger partial charge in [-0.25, -0.2) is 0 Å². The first-order chi connectivity index (χ1) is 14.0. The standard InChI is InChI=1S/C20H19N5O3S/c1-28-17-10-8-16(9-11-17)15-25(14-4-12-21)23-24-29(26,27)20-7-2-6-19-18(20)5-3-13-22-19/h2-3,5-11,13H,4,14-15H2,1H3. The van der Waals surface area contributed by atoms with Gasteiger partial charge in [0, 0.05) is 11.6 Å². The van der Waals surface area contributed by atoms with Crippen molar-refractivity contribution in [3.8, 4) is 11.8 Å². The molecule has 0 amide bonds. The van der Waals surface area contributed by atoms with Crippen LogP contribution in [-0.4, -0.2) is 32.1 Å². The van der Waals surface area contributed by atoms with Gasteiger partial charge in [0.15, 0.2) is 0 Å². The Morgan fingerprint density at radius 2 is 1.93 bits per heavy atom.